The van der Waals surface area contributed by atoms with E-state index >= 15 is 0 Å². The van der Waals surface area contributed by atoms with Crippen LogP contribution in [0.2, 0.25) is 0 Å². The van der Waals surface area contributed by atoms with Crippen LogP contribution in [-0.2, 0) is 0 Å². The molecule has 5 aromatic rings. The number of nitro groups is 1. The molecule has 10 heteroatoms. The second-order valence-corrected chi connectivity index (χ2v) is 9.27. The standard InChI is InChI=1S/C28H22N4O5S/c1-16(2)17-9-10-24-22(15-17)30-27(37-24)19-6-3-7-20(13-19)29-28(38)31-26(33)25-12-11-23(36-25)18-5-4-8-21(14-18)32(34)35/h3-16H,1-2H3,(H2,29,31,33,38). The molecule has 5 rings (SSSR count). The van der Waals surface area contributed by atoms with Crippen molar-refractivity contribution >= 4 is 45.7 Å². The van der Waals surface area contributed by atoms with Crippen LogP contribution in [0.25, 0.3) is 33.9 Å². The summed E-state index contributed by atoms with van der Waals surface area (Å²) in [6, 6.07) is 22.3. The number of carbonyl (C=O) groups is 1. The Morgan fingerprint density at radius 2 is 1.76 bits per heavy atom. The van der Waals surface area contributed by atoms with Crippen LogP contribution in [-0.4, -0.2) is 20.9 Å². The van der Waals surface area contributed by atoms with Crippen LogP contribution < -0.4 is 10.6 Å². The second-order valence-electron chi connectivity index (χ2n) is 8.86. The van der Waals surface area contributed by atoms with E-state index < -0.39 is 10.8 Å². The van der Waals surface area contributed by atoms with Gasteiger partial charge in [0, 0.05) is 28.9 Å². The Labute approximate surface area is 222 Å². The molecule has 0 radical (unpaired) electrons. The smallest absolute Gasteiger partial charge is 0.293 e. The topological polar surface area (TPSA) is 123 Å². The Bertz CT molecular complexity index is 1690. The molecule has 0 saturated heterocycles. The third-order valence-corrected chi connectivity index (χ3v) is 6.05. The number of aromatic nitrogens is 1. The molecule has 0 atom stereocenters. The highest BCUT2D eigenvalue weighted by molar-refractivity contribution is 7.80. The number of non-ortho nitro benzene ring substituents is 1. The Hall–Kier alpha value is -4.83. The Morgan fingerprint density at radius 1 is 0.974 bits per heavy atom. The number of anilines is 1. The molecule has 0 fully saturated rings. The van der Waals surface area contributed by atoms with E-state index in [9.17, 15) is 14.9 Å². The zero-order chi connectivity index (χ0) is 26.8. The third kappa shape index (κ3) is 5.30. The van der Waals surface area contributed by atoms with Gasteiger partial charge in [0.15, 0.2) is 16.5 Å². The average molecular weight is 527 g/mol. The molecule has 0 unspecified atom stereocenters. The molecule has 9 nitrogen and oxygen atoms in total. The molecule has 0 bridgehead atoms. The molecule has 0 saturated carbocycles. The lowest BCUT2D eigenvalue weighted by atomic mass is 10.0. The number of nitro benzene ring substituents is 1. The summed E-state index contributed by atoms with van der Waals surface area (Å²) < 4.78 is 11.5. The first-order valence-electron chi connectivity index (χ1n) is 11.7. The minimum Gasteiger partial charge on any atom is -0.451 e. The summed E-state index contributed by atoms with van der Waals surface area (Å²) in [5.74, 6) is 0.635. The minimum atomic E-state index is -0.560. The summed E-state index contributed by atoms with van der Waals surface area (Å²) >= 11 is 5.31. The van der Waals surface area contributed by atoms with Crippen LogP contribution in [0.1, 0.15) is 35.9 Å². The van der Waals surface area contributed by atoms with E-state index in [1.54, 1.807) is 24.3 Å². The number of oxazole rings is 1. The summed E-state index contributed by atoms with van der Waals surface area (Å²) in [7, 11) is 0. The summed E-state index contributed by atoms with van der Waals surface area (Å²) in [4.78, 5) is 27.8. The van der Waals surface area contributed by atoms with Gasteiger partial charge in [-0.25, -0.2) is 4.98 Å². The molecule has 1 amide bonds. The van der Waals surface area contributed by atoms with E-state index in [1.807, 2.05) is 36.4 Å². The minimum absolute atomic E-state index is 0.0108. The molecule has 0 aliphatic carbocycles. The zero-order valence-electron chi connectivity index (χ0n) is 20.4. The van der Waals surface area contributed by atoms with Crippen molar-refractivity contribution in [2.45, 2.75) is 19.8 Å². The molecular weight excluding hydrogens is 504 g/mol. The summed E-state index contributed by atoms with van der Waals surface area (Å²) in [5.41, 5.74) is 4.46. The predicted molar refractivity (Wildman–Crippen MR) is 148 cm³/mol. The number of rotatable bonds is 6. The van der Waals surface area contributed by atoms with Crippen molar-refractivity contribution < 1.29 is 18.6 Å². The fraction of sp³-hybridized carbons (Fsp3) is 0.107. The maximum absolute atomic E-state index is 12.7. The Balaban J connectivity index is 1.26. The van der Waals surface area contributed by atoms with Crippen LogP contribution in [0, 0.1) is 10.1 Å². The van der Waals surface area contributed by atoms with Gasteiger partial charge in [-0.3, -0.25) is 20.2 Å². The van der Waals surface area contributed by atoms with Gasteiger partial charge in [-0.2, -0.15) is 0 Å². The largest absolute Gasteiger partial charge is 0.451 e. The van der Waals surface area contributed by atoms with Gasteiger partial charge < -0.3 is 14.2 Å². The Morgan fingerprint density at radius 3 is 2.55 bits per heavy atom. The fourth-order valence-electron chi connectivity index (χ4n) is 3.87. The van der Waals surface area contributed by atoms with Gasteiger partial charge in [0.2, 0.25) is 5.89 Å². The number of hydrogen-bond donors (Lipinski definition) is 2. The van der Waals surface area contributed by atoms with Crippen molar-refractivity contribution in [1.29, 1.82) is 0 Å². The second kappa shape index (κ2) is 10.3. The number of nitrogens with one attached hydrogen (secondary N) is 2. The highest BCUT2D eigenvalue weighted by Crippen LogP contribution is 2.29. The normalized spacial score (nSPS) is 11.0. The number of nitrogens with zero attached hydrogens (tertiary/aromatic N) is 2. The lowest BCUT2D eigenvalue weighted by Crippen LogP contribution is -2.33. The van der Waals surface area contributed by atoms with Gasteiger partial charge in [-0.15, -0.1) is 0 Å². The molecule has 2 aromatic heterocycles. The number of hydrogen-bond acceptors (Lipinski definition) is 7. The number of furan rings is 1. The van der Waals surface area contributed by atoms with Gasteiger partial charge in [0.05, 0.1) is 4.92 Å². The van der Waals surface area contributed by atoms with E-state index in [2.05, 4.69) is 29.5 Å². The van der Waals surface area contributed by atoms with Crippen LogP contribution in [0.15, 0.2) is 87.7 Å². The molecule has 0 aliphatic heterocycles. The predicted octanol–water partition coefficient (Wildman–Crippen LogP) is 6.91. The van der Waals surface area contributed by atoms with E-state index in [0.29, 0.717) is 34.4 Å². The van der Waals surface area contributed by atoms with E-state index in [1.165, 1.54) is 23.8 Å². The van der Waals surface area contributed by atoms with Gasteiger partial charge in [0.25, 0.3) is 11.6 Å². The van der Waals surface area contributed by atoms with Crippen molar-refractivity contribution in [3.63, 3.8) is 0 Å². The maximum Gasteiger partial charge on any atom is 0.293 e. The molecule has 38 heavy (non-hydrogen) atoms. The quantitative estimate of drug-likeness (QED) is 0.139. The van der Waals surface area contributed by atoms with Crippen molar-refractivity contribution in [2.75, 3.05) is 5.32 Å². The third-order valence-electron chi connectivity index (χ3n) is 5.84. The van der Waals surface area contributed by atoms with Crippen molar-refractivity contribution in [3.05, 3.63) is 100 Å². The summed E-state index contributed by atoms with van der Waals surface area (Å²) in [5, 5.41) is 16.7. The summed E-state index contributed by atoms with van der Waals surface area (Å²) in [6.07, 6.45) is 0. The molecular formula is C28H22N4O5S. The lowest BCUT2D eigenvalue weighted by molar-refractivity contribution is -0.384. The number of benzene rings is 3. The number of thiocarbonyl (C=S) groups is 1. The first kappa shape index (κ1) is 24.8. The highest BCUT2D eigenvalue weighted by Gasteiger charge is 2.16. The zero-order valence-corrected chi connectivity index (χ0v) is 21.2. The first-order chi connectivity index (χ1) is 18.3. The van der Waals surface area contributed by atoms with E-state index in [4.69, 9.17) is 21.1 Å². The lowest BCUT2D eigenvalue weighted by Gasteiger charge is -2.09. The van der Waals surface area contributed by atoms with E-state index in [0.717, 1.165) is 11.1 Å². The van der Waals surface area contributed by atoms with Crippen molar-refractivity contribution in [3.8, 4) is 22.8 Å². The maximum atomic E-state index is 12.7. The molecule has 2 heterocycles. The van der Waals surface area contributed by atoms with Crippen LogP contribution in [0.3, 0.4) is 0 Å². The van der Waals surface area contributed by atoms with Crippen molar-refractivity contribution in [1.82, 2.24) is 10.3 Å². The molecule has 0 aliphatic rings. The first-order valence-corrected chi connectivity index (χ1v) is 12.2. The molecule has 0 spiro atoms. The monoisotopic (exact) mass is 526 g/mol. The SMILES string of the molecule is CC(C)c1ccc2oc(-c3cccc(NC(=S)NC(=O)c4ccc(-c5cccc([N+](=O)[O-])c5)o4)c3)nc2c1. The average Bonchev–Trinajstić information content (AvgIpc) is 3.56. The van der Waals surface area contributed by atoms with Gasteiger partial charge >= 0.3 is 0 Å². The number of fused-ring (bicyclic) bond motifs is 1. The van der Waals surface area contributed by atoms with Crippen LogP contribution in [0.5, 0.6) is 0 Å². The van der Waals surface area contributed by atoms with Crippen LogP contribution >= 0.6 is 12.2 Å². The van der Waals surface area contributed by atoms with Gasteiger partial charge in [-0.05, 0) is 66.2 Å². The van der Waals surface area contributed by atoms with Gasteiger partial charge in [-0.1, -0.05) is 38.1 Å². The molecule has 190 valence electrons. The molecule has 2 N–H and O–H groups in total. The van der Waals surface area contributed by atoms with Gasteiger partial charge in [0.1, 0.15) is 11.3 Å². The Kier molecular flexibility index (Phi) is 6.71. The summed E-state index contributed by atoms with van der Waals surface area (Å²) in [6.45, 7) is 4.25. The number of amides is 1. The molecule has 3 aromatic carbocycles. The van der Waals surface area contributed by atoms with Crippen molar-refractivity contribution in [2.24, 2.45) is 0 Å². The fourth-order valence-corrected chi connectivity index (χ4v) is 4.08. The number of carbonyl (C=O) groups excluding carboxylic acids is 1. The highest BCUT2D eigenvalue weighted by atomic mass is 32.1. The van der Waals surface area contributed by atoms with E-state index in [-0.39, 0.29) is 16.6 Å². The van der Waals surface area contributed by atoms with Crippen LogP contribution in [0.4, 0.5) is 11.4 Å².